The molecule has 1 saturated carbocycles. The highest BCUT2D eigenvalue weighted by atomic mass is 16.5. The summed E-state index contributed by atoms with van der Waals surface area (Å²) in [6.07, 6.45) is 7.87. The van der Waals surface area contributed by atoms with Gasteiger partial charge in [0.2, 0.25) is 0 Å². The van der Waals surface area contributed by atoms with E-state index in [0.717, 1.165) is 25.4 Å². The fraction of sp³-hybridized carbons (Fsp3) is 1.00. The van der Waals surface area contributed by atoms with Crippen molar-refractivity contribution in [1.29, 1.82) is 0 Å². The molecule has 2 unspecified atom stereocenters. The van der Waals surface area contributed by atoms with E-state index in [2.05, 4.69) is 6.92 Å². The molecular formula is C12H22O2. The van der Waals surface area contributed by atoms with Crippen molar-refractivity contribution >= 4 is 0 Å². The molecule has 82 valence electrons. The molecular weight excluding hydrogens is 176 g/mol. The zero-order valence-corrected chi connectivity index (χ0v) is 9.17. The molecule has 2 aliphatic rings. The molecule has 1 N–H and O–H groups in total. The Hall–Kier alpha value is -0.0800. The maximum Gasteiger partial charge on any atom is 0.0576 e. The van der Waals surface area contributed by atoms with E-state index in [4.69, 9.17) is 4.74 Å². The molecule has 2 rings (SSSR count). The summed E-state index contributed by atoms with van der Waals surface area (Å²) in [5.74, 6) is 0.786. The largest absolute Gasteiger partial charge is 0.396 e. The van der Waals surface area contributed by atoms with Crippen LogP contribution in [-0.2, 0) is 4.74 Å². The first kappa shape index (κ1) is 10.4. The number of rotatable bonds is 5. The van der Waals surface area contributed by atoms with Gasteiger partial charge in [0.05, 0.1) is 6.10 Å². The summed E-state index contributed by atoms with van der Waals surface area (Å²) in [6, 6.07) is 0. The van der Waals surface area contributed by atoms with Crippen LogP contribution in [0.4, 0.5) is 0 Å². The van der Waals surface area contributed by atoms with Gasteiger partial charge in [-0.15, -0.1) is 0 Å². The average Bonchev–Trinajstić information content (AvgIpc) is 2.94. The summed E-state index contributed by atoms with van der Waals surface area (Å²) in [5.41, 5.74) is 0.186. The number of ether oxygens (including phenoxy) is 1. The second kappa shape index (κ2) is 4.19. The zero-order valence-electron chi connectivity index (χ0n) is 9.17. The predicted octanol–water partition coefficient (Wildman–Crippen LogP) is 2.35. The first-order valence-corrected chi connectivity index (χ1v) is 5.97. The van der Waals surface area contributed by atoms with Gasteiger partial charge in [-0.25, -0.2) is 0 Å². The Kier molecular flexibility index (Phi) is 3.13. The molecule has 1 heterocycles. The van der Waals surface area contributed by atoms with Crippen LogP contribution in [0, 0.1) is 11.3 Å². The highest BCUT2D eigenvalue weighted by molar-refractivity contribution is 4.91. The molecule has 0 aromatic rings. The number of aliphatic hydroxyl groups is 1. The maximum atomic E-state index is 9.43. The molecule has 2 atom stereocenters. The predicted molar refractivity (Wildman–Crippen MR) is 56.1 cm³/mol. The fourth-order valence-corrected chi connectivity index (χ4v) is 2.56. The first-order chi connectivity index (χ1) is 6.74. The van der Waals surface area contributed by atoms with Crippen molar-refractivity contribution in [1.82, 2.24) is 0 Å². The topological polar surface area (TPSA) is 29.5 Å². The molecule has 1 aliphatic carbocycles. The standard InChI is InChI=1S/C12H22O2/c1-12(9-13,10-4-5-10)7-6-11-3-2-8-14-11/h10-11,13H,2-9H2,1H3. The van der Waals surface area contributed by atoms with Crippen molar-refractivity contribution in [2.24, 2.45) is 11.3 Å². The summed E-state index contributed by atoms with van der Waals surface area (Å²) >= 11 is 0. The Morgan fingerprint density at radius 2 is 2.14 bits per heavy atom. The minimum absolute atomic E-state index is 0.186. The van der Waals surface area contributed by atoms with Gasteiger partial charge in [-0.05, 0) is 49.9 Å². The van der Waals surface area contributed by atoms with Gasteiger partial charge < -0.3 is 9.84 Å². The molecule has 0 amide bonds. The van der Waals surface area contributed by atoms with E-state index in [9.17, 15) is 5.11 Å². The third-order valence-electron chi connectivity index (χ3n) is 3.99. The highest BCUT2D eigenvalue weighted by Gasteiger charge is 2.41. The minimum atomic E-state index is 0.186. The van der Waals surface area contributed by atoms with Crippen LogP contribution in [0.2, 0.25) is 0 Å². The molecule has 1 aliphatic heterocycles. The van der Waals surface area contributed by atoms with Crippen LogP contribution in [0.15, 0.2) is 0 Å². The van der Waals surface area contributed by atoms with E-state index in [-0.39, 0.29) is 5.41 Å². The Balaban J connectivity index is 1.76. The summed E-state index contributed by atoms with van der Waals surface area (Å²) in [5, 5.41) is 9.43. The quantitative estimate of drug-likeness (QED) is 0.735. The zero-order chi connectivity index (χ0) is 10.0. The van der Waals surface area contributed by atoms with Crippen LogP contribution in [-0.4, -0.2) is 24.4 Å². The van der Waals surface area contributed by atoms with Crippen molar-refractivity contribution in [2.45, 2.75) is 51.6 Å². The molecule has 2 fully saturated rings. The van der Waals surface area contributed by atoms with Crippen molar-refractivity contribution in [2.75, 3.05) is 13.2 Å². The number of hydrogen-bond donors (Lipinski definition) is 1. The lowest BCUT2D eigenvalue weighted by Crippen LogP contribution is -2.25. The second-order valence-corrected chi connectivity index (χ2v) is 5.26. The molecule has 1 saturated heterocycles. The average molecular weight is 198 g/mol. The first-order valence-electron chi connectivity index (χ1n) is 5.97. The van der Waals surface area contributed by atoms with Gasteiger partial charge in [0, 0.05) is 13.2 Å². The van der Waals surface area contributed by atoms with Crippen LogP contribution in [0.1, 0.15) is 45.4 Å². The fourth-order valence-electron chi connectivity index (χ4n) is 2.56. The molecule has 2 heteroatoms. The molecule has 0 spiro atoms. The molecule has 0 aromatic heterocycles. The van der Waals surface area contributed by atoms with Crippen LogP contribution >= 0.6 is 0 Å². The third-order valence-corrected chi connectivity index (χ3v) is 3.99. The highest BCUT2D eigenvalue weighted by Crippen LogP contribution is 2.48. The third kappa shape index (κ3) is 2.29. The Bertz CT molecular complexity index is 183. The van der Waals surface area contributed by atoms with E-state index < -0.39 is 0 Å². The summed E-state index contributed by atoms with van der Waals surface area (Å²) in [7, 11) is 0. The minimum Gasteiger partial charge on any atom is -0.396 e. The smallest absolute Gasteiger partial charge is 0.0576 e. The maximum absolute atomic E-state index is 9.43. The van der Waals surface area contributed by atoms with Gasteiger partial charge in [-0.1, -0.05) is 6.92 Å². The van der Waals surface area contributed by atoms with E-state index in [0.29, 0.717) is 12.7 Å². The van der Waals surface area contributed by atoms with Crippen molar-refractivity contribution < 1.29 is 9.84 Å². The Morgan fingerprint density at radius 1 is 1.36 bits per heavy atom. The van der Waals surface area contributed by atoms with Crippen LogP contribution in [0.25, 0.3) is 0 Å². The number of aliphatic hydroxyl groups excluding tert-OH is 1. The lowest BCUT2D eigenvalue weighted by Gasteiger charge is -2.28. The van der Waals surface area contributed by atoms with Crippen LogP contribution < -0.4 is 0 Å². The molecule has 0 bridgehead atoms. The van der Waals surface area contributed by atoms with E-state index in [1.807, 2.05) is 0 Å². The van der Waals surface area contributed by atoms with Gasteiger partial charge in [-0.3, -0.25) is 0 Å². The summed E-state index contributed by atoms with van der Waals surface area (Å²) < 4.78 is 5.61. The lowest BCUT2D eigenvalue weighted by atomic mass is 9.80. The van der Waals surface area contributed by atoms with E-state index >= 15 is 0 Å². The van der Waals surface area contributed by atoms with Gasteiger partial charge in [0.1, 0.15) is 0 Å². The van der Waals surface area contributed by atoms with Crippen molar-refractivity contribution in [3.05, 3.63) is 0 Å². The van der Waals surface area contributed by atoms with E-state index in [1.165, 1.54) is 25.7 Å². The number of hydrogen-bond acceptors (Lipinski definition) is 2. The van der Waals surface area contributed by atoms with Crippen molar-refractivity contribution in [3.63, 3.8) is 0 Å². The Morgan fingerprint density at radius 3 is 2.64 bits per heavy atom. The lowest BCUT2D eigenvalue weighted by molar-refractivity contribution is 0.0623. The molecule has 2 nitrogen and oxygen atoms in total. The SMILES string of the molecule is CC(CO)(CCC1CCCO1)C1CC1. The van der Waals surface area contributed by atoms with Crippen LogP contribution in [0.3, 0.4) is 0 Å². The van der Waals surface area contributed by atoms with Gasteiger partial charge >= 0.3 is 0 Å². The van der Waals surface area contributed by atoms with Crippen LogP contribution in [0.5, 0.6) is 0 Å². The second-order valence-electron chi connectivity index (χ2n) is 5.26. The van der Waals surface area contributed by atoms with E-state index in [1.54, 1.807) is 0 Å². The Labute approximate surface area is 86.6 Å². The molecule has 0 radical (unpaired) electrons. The molecule has 14 heavy (non-hydrogen) atoms. The monoisotopic (exact) mass is 198 g/mol. The summed E-state index contributed by atoms with van der Waals surface area (Å²) in [4.78, 5) is 0. The van der Waals surface area contributed by atoms with Gasteiger partial charge in [0.15, 0.2) is 0 Å². The summed E-state index contributed by atoms with van der Waals surface area (Å²) in [6.45, 7) is 3.54. The van der Waals surface area contributed by atoms with Crippen molar-refractivity contribution in [3.8, 4) is 0 Å². The van der Waals surface area contributed by atoms with Gasteiger partial charge in [0.25, 0.3) is 0 Å². The van der Waals surface area contributed by atoms with Gasteiger partial charge in [-0.2, -0.15) is 0 Å². The molecule has 0 aromatic carbocycles. The normalized spacial score (nSPS) is 31.7.